The van der Waals surface area contributed by atoms with Gasteiger partial charge in [-0.2, -0.15) is 0 Å². The van der Waals surface area contributed by atoms with Crippen molar-refractivity contribution < 1.29 is 13.6 Å². The van der Waals surface area contributed by atoms with Crippen molar-refractivity contribution in [2.24, 2.45) is 0 Å². The Morgan fingerprint density at radius 2 is 2.25 bits per heavy atom. The van der Waals surface area contributed by atoms with Crippen LogP contribution in [0.2, 0.25) is 0 Å². The van der Waals surface area contributed by atoms with Crippen molar-refractivity contribution in [1.29, 1.82) is 0 Å². The molecule has 0 bridgehead atoms. The Hall–Kier alpha value is -2.17. The molecule has 4 nitrogen and oxygen atoms in total. The van der Waals surface area contributed by atoms with E-state index in [1.54, 1.807) is 12.1 Å². The summed E-state index contributed by atoms with van der Waals surface area (Å²) in [6.07, 6.45) is 2.68. The SMILES string of the molecule is O=C(Cc1cocn1)Nc1ccccc1F. The molecule has 0 aliphatic rings. The Kier molecular flexibility index (Phi) is 2.95. The second-order valence-corrected chi connectivity index (χ2v) is 3.18. The quantitative estimate of drug-likeness (QED) is 0.860. The molecule has 1 N–H and O–H groups in total. The van der Waals surface area contributed by atoms with Gasteiger partial charge in [0.1, 0.15) is 12.1 Å². The number of amides is 1. The number of hydrogen-bond acceptors (Lipinski definition) is 3. The van der Waals surface area contributed by atoms with Gasteiger partial charge in [0.25, 0.3) is 0 Å². The van der Waals surface area contributed by atoms with E-state index < -0.39 is 5.82 Å². The van der Waals surface area contributed by atoms with E-state index in [0.29, 0.717) is 5.69 Å². The smallest absolute Gasteiger partial charge is 0.230 e. The summed E-state index contributed by atoms with van der Waals surface area (Å²) in [5.74, 6) is -0.796. The first-order chi connectivity index (χ1) is 7.75. The van der Waals surface area contributed by atoms with Gasteiger partial charge < -0.3 is 9.73 Å². The lowest BCUT2D eigenvalue weighted by molar-refractivity contribution is -0.115. The number of anilines is 1. The van der Waals surface area contributed by atoms with Gasteiger partial charge in [0, 0.05) is 0 Å². The molecule has 1 aromatic carbocycles. The second-order valence-electron chi connectivity index (χ2n) is 3.18. The maximum atomic E-state index is 13.2. The maximum absolute atomic E-state index is 13.2. The molecule has 0 atom stereocenters. The van der Waals surface area contributed by atoms with Gasteiger partial charge in [-0.3, -0.25) is 4.79 Å². The third kappa shape index (κ3) is 2.44. The van der Waals surface area contributed by atoms with Crippen LogP contribution in [0.4, 0.5) is 10.1 Å². The number of nitrogens with zero attached hydrogens (tertiary/aromatic N) is 1. The number of oxazole rings is 1. The summed E-state index contributed by atoms with van der Waals surface area (Å²) in [4.78, 5) is 15.3. The van der Waals surface area contributed by atoms with Crippen molar-refractivity contribution >= 4 is 11.6 Å². The highest BCUT2D eigenvalue weighted by Crippen LogP contribution is 2.12. The fourth-order valence-corrected chi connectivity index (χ4v) is 1.25. The lowest BCUT2D eigenvalue weighted by Crippen LogP contribution is -2.15. The number of benzene rings is 1. The fraction of sp³-hybridized carbons (Fsp3) is 0.0909. The molecule has 2 aromatic rings. The summed E-state index contributed by atoms with van der Waals surface area (Å²) < 4.78 is 17.9. The minimum Gasteiger partial charge on any atom is -0.451 e. The lowest BCUT2D eigenvalue weighted by Gasteiger charge is -2.04. The minimum atomic E-state index is -0.462. The number of hydrogen-bond donors (Lipinski definition) is 1. The van der Waals surface area contributed by atoms with Crippen molar-refractivity contribution in [1.82, 2.24) is 4.98 Å². The van der Waals surface area contributed by atoms with E-state index in [4.69, 9.17) is 4.42 Å². The molecule has 0 saturated heterocycles. The number of nitrogens with one attached hydrogen (secondary N) is 1. The molecule has 0 unspecified atom stereocenters. The highest BCUT2D eigenvalue weighted by Gasteiger charge is 2.08. The predicted octanol–water partition coefficient (Wildman–Crippen LogP) is 1.99. The summed E-state index contributed by atoms with van der Waals surface area (Å²) in [7, 11) is 0. The Balaban J connectivity index is 2.00. The first-order valence-electron chi connectivity index (χ1n) is 4.67. The van der Waals surface area contributed by atoms with Crippen LogP contribution in [0.15, 0.2) is 41.3 Å². The van der Waals surface area contributed by atoms with Crippen molar-refractivity contribution in [2.45, 2.75) is 6.42 Å². The molecule has 0 radical (unpaired) electrons. The Labute approximate surface area is 91.1 Å². The van der Waals surface area contributed by atoms with E-state index in [1.165, 1.54) is 24.8 Å². The zero-order valence-electron chi connectivity index (χ0n) is 8.31. The third-order valence-electron chi connectivity index (χ3n) is 1.97. The number of aromatic nitrogens is 1. The molecule has 0 saturated carbocycles. The number of carbonyl (C=O) groups excluding carboxylic acids is 1. The summed E-state index contributed by atoms with van der Waals surface area (Å²) in [6.45, 7) is 0. The maximum Gasteiger partial charge on any atom is 0.230 e. The number of halogens is 1. The standard InChI is InChI=1S/C11H9FN2O2/c12-9-3-1-2-4-10(9)14-11(15)5-8-6-16-7-13-8/h1-4,6-7H,5H2,(H,14,15). The van der Waals surface area contributed by atoms with E-state index in [1.807, 2.05) is 0 Å². The molecule has 1 heterocycles. The Bertz CT molecular complexity index is 482. The van der Waals surface area contributed by atoms with E-state index >= 15 is 0 Å². The first-order valence-corrected chi connectivity index (χ1v) is 4.67. The molecule has 0 aliphatic carbocycles. The van der Waals surface area contributed by atoms with Gasteiger partial charge in [-0.25, -0.2) is 9.37 Å². The zero-order chi connectivity index (χ0) is 11.4. The predicted molar refractivity (Wildman–Crippen MR) is 55.2 cm³/mol. The molecule has 1 aromatic heterocycles. The van der Waals surface area contributed by atoms with Crippen LogP contribution in [0.25, 0.3) is 0 Å². The lowest BCUT2D eigenvalue weighted by atomic mass is 10.2. The first kappa shape index (κ1) is 10.4. The van der Waals surface area contributed by atoms with Crippen LogP contribution in [0.3, 0.4) is 0 Å². The molecule has 82 valence electrons. The van der Waals surface area contributed by atoms with Crippen molar-refractivity contribution in [3.8, 4) is 0 Å². The minimum absolute atomic E-state index is 0.0604. The Morgan fingerprint density at radius 3 is 2.94 bits per heavy atom. The molecule has 0 spiro atoms. The molecular weight excluding hydrogens is 211 g/mol. The van der Waals surface area contributed by atoms with E-state index in [9.17, 15) is 9.18 Å². The van der Waals surface area contributed by atoms with Gasteiger partial charge in [-0.1, -0.05) is 12.1 Å². The largest absolute Gasteiger partial charge is 0.451 e. The molecule has 5 heteroatoms. The monoisotopic (exact) mass is 220 g/mol. The van der Waals surface area contributed by atoms with Crippen LogP contribution < -0.4 is 5.32 Å². The van der Waals surface area contributed by atoms with Crippen LogP contribution in [0, 0.1) is 5.82 Å². The fourth-order valence-electron chi connectivity index (χ4n) is 1.25. The van der Waals surface area contributed by atoms with Gasteiger partial charge in [-0.05, 0) is 12.1 Å². The van der Waals surface area contributed by atoms with Gasteiger partial charge in [0.2, 0.25) is 5.91 Å². The van der Waals surface area contributed by atoms with E-state index in [0.717, 1.165) is 0 Å². The highest BCUT2D eigenvalue weighted by atomic mass is 19.1. The van der Waals surface area contributed by atoms with Crippen LogP contribution in [-0.4, -0.2) is 10.9 Å². The molecule has 2 rings (SSSR count). The molecule has 0 aliphatic heterocycles. The van der Waals surface area contributed by atoms with Crippen molar-refractivity contribution in [2.75, 3.05) is 5.32 Å². The molecule has 1 amide bonds. The summed E-state index contributed by atoms with van der Waals surface area (Å²) >= 11 is 0. The topological polar surface area (TPSA) is 55.1 Å². The van der Waals surface area contributed by atoms with Crippen LogP contribution >= 0.6 is 0 Å². The summed E-state index contributed by atoms with van der Waals surface area (Å²) in [6, 6.07) is 5.99. The molecule has 0 fully saturated rings. The second kappa shape index (κ2) is 4.57. The molecule has 16 heavy (non-hydrogen) atoms. The summed E-state index contributed by atoms with van der Waals surface area (Å²) in [5, 5.41) is 2.45. The Morgan fingerprint density at radius 1 is 1.44 bits per heavy atom. The molecular formula is C11H9FN2O2. The van der Waals surface area contributed by atoms with E-state index in [-0.39, 0.29) is 18.0 Å². The van der Waals surface area contributed by atoms with Gasteiger partial charge >= 0.3 is 0 Å². The average Bonchev–Trinajstić information content (AvgIpc) is 2.74. The van der Waals surface area contributed by atoms with Crippen LogP contribution in [0.5, 0.6) is 0 Å². The summed E-state index contributed by atoms with van der Waals surface area (Å²) in [5.41, 5.74) is 0.671. The van der Waals surface area contributed by atoms with Crippen LogP contribution in [0.1, 0.15) is 5.69 Å². The van der Waals surface area contributed by atoms with E-state index in [2.05, 4.69) is 10.3 Å². The number of para-hydroxylation sites is 1. The highest BCUT2D eigenvalue weighted by molar-refractivity contribution is 5.92. The van der Waals surface area contributed by atoms with Crippen molar-refractivity contribution in [3.63, 3.8) is 0 Å². The van der Waals surface area contributed by atoms with Gasteiger partial charge in [-0.15, -0.1) is 0 Å². The van der Waals surface area contributed by atoms with Crippen molar-refractivity contribution in [3.05, 3.63) is 48.4 Å². The average molecular weight is 220 g/mol. The number of rotatable bonds is 3. The third-order valence-corrected chi connectivity index (χ3v) is 1.97. The van der Waals surface area contributed by atoms with Gasteiger partial charge in [0.15, 0.2) is 6.39 Å². The zero-order valence-corrected chi connectivity index (χ0v) is 8.31. The van der Waals surface area contributed by atoms with Crippen LogP contribution in [-0.2, 0) is 11.2 Å². The normalized spacial score (nSPS) is 10.1. The van der Waals surface area contributed by atoms with Gasteiger partial charge in [0.05, 0.1) is 17.8 Å². The number of carbonyl (C=O) groups is 1.